The maximum atomic E-state index is 11.9. The SMILES string of the molecule is NNC(=O)c1nnn(-c2nonc2N)c1-c1ccc([N+](=O)[O-])cc1. The molecule has 0 aliphatic heterocycles. The number of amides is 1. The lowest BCUT2D eigenvalue weighted by molar-refractivity contribution is -0.384. The first-order chi connectivity index (χ1) is 11.5. The largest absolute Gasteiger partial charge is 0.378 e. The van der Waals surface area contributed by atoms with Crippen molar-refractivity contribution in [2.24, 2.45) is 5.84 Å². The van der Waals surface area contributed by atoms with Gasteiger partial charge in [-0.05, 0) is 22.4 Å². The summed E-state index contributed by atoms with van der Waals surface area (Å²) in [6.45, 7) is 0. The average molecular weight is 331 g/mol. The Kier molecular flexibility index (Phi) is 3.59. The van der Waals surface area contributed by atoms with Crippen LogP contribution in [0.3, 0.4) is 0 Å². The van der Waals surface area contributed by atoms with Gasteiger partial charge in [0.2, 0.25) is 11.6 Å². The fourth-order valence-electron chi connectivity index (χ4n) is 1.99. The van der Waals surface area contributed by atoms with Gasteiger partial charge in [-0.2, -0.15) is 4.68 Å². The van der Waals surface area contributed by atoms with E-state index in [9.17, 15) is 14.9 Å². The highest BCUT2D eigenvalue weighted by molar-refractivity contribution is 5.98. The van der Waals surface area contributed by atoms with Crippen LogP contribution in [-0.2, 0) is 0 Å². The summed E-state index contributed by atoms with van der Waals surface area (Å²) in [5.74, 6) is 4.34. The Labute approximate surface area is 132 Å². The Morgan fingerprint density at radius 1 is 1.29 bits per heavy atom. The predicted octanol–water partition coefficient (Wildman–Crippen LogP) is -0.589. The molecular weight excluding hydrogens is 322 g/mol. The number of nitro groups is 1. The van der Waals surface area contributed by atoms with Crippen LogP contribution in [0.15, 0.2) is 28.9 Å². The lowest BCUT2D eigenvalue weighted by Crippen LogP contribution is -2.30. The summed E-state index contributed by atoms with van der Waals surface area (Å²) in [7, 11) is 0. The number of hydrazine groups is 1. The van der Waals surface area contributed by atoms with Crippen molar-refractivity contribution in [1.82, 2.24) is 30.7 Å². The van der Waals surface area contributed by atoms with Crippen molar-refractivity contribution < 1.29 is 14.3 Å². The summed E-state index contributed by atoms with van der Waals surface area (Å²) in [6, 6.07) is 5.37. The topological polar surface area (TPSA) is 194 Å². The number of carbonyl (C=O) groups excluding carboxylic acids is 1. The Morgan fingerprint density at radius 2 is 2.00 bits per heavy atom. The summed E-state index contributed by atoms with van der Waals surface area (Å²) >= 11 is 0. The molecule has 5 N–H and O–H groups in total. The molecule has 0 aliphatic carbocycles. The number of aromatic nitrogens is 5. The van der Waals surface area contributed by atoms with Gasteiger partial charge in [-0.25, -0.2) is 10.5 Å². The molecular formula is C11H9N9O4. The summed E-state index contributed by atoms with van der Waals surface area (Å²) in [4.78, 5) is 22.1. The van der Waals surface area contributed by atoms with Crippen LogP contribution in [0.25, 0.3) is 17.1 Å². The third-order valence-electron chi connectivity index (χ3n) is 3.06. The van der Waals surface area contributed by atoms with Gasteiger partial charge in [0.05, 0.1) is 4.92 Å². The minimum atomic E-state index is -0.718. The standard InChI is InChI=1S/C11H9N9O4/c12-9-10(17-24-16-9)19-8(7(15-18-19)11(21)14-13)5-1-3-6(4-2-5)20(22)23/h1-4H,13H2,(H2,12,16)(H,14,21). The van der Waals surface area contributed by atoms with E-state index >= 15 is 0 Å². The number of benzene rings is 1. The molecule has 0 saturated heterocycles. The maximum Gasteiger partial charge on any atom is 0.288 e. The highest BCUT2D eigenvalue weighted by Crippen LogP contribution is 2.27. The fourth-order valence-corrected chi connectivity index (χ4v) is 1.99. The molecule has 2 aromatic heterocycles. The van der Waals surface area contributed by atoms with Crippen LogP contribution >= 0.6 is 0 Å². The molecule has 122 valence electrons. The number of hydrogen-bond donors (Lipinski definition) is 3. The second kappa shape index (κ2) is 5.73. The number of non-ortho nitro benzene ring substituents is 1. The molecule has 24 heavy (non-hydrogen) atoms. The van der Waals surface area contributed by atoms with Crippen molar-refractivity contribution in [3.8, 4) is 17.1 Å². The first-order valence-electron chi connectivity index (χ1n) is 6.32. The lowest BCUT2D eigenvalue weighted by Gasteiger charge is -2.05. The molecule has 0 aliphatic rings. The summed E-state index contributed by atoms with van der Waals surface area (Å²) in [6.07, 6.45) is 0. The van der Waals surface area contributed by atoms with Crippen LogP contribution in [0.5, 0.6) is 0 Å². The molecule has 1 amide bonds. The van der Waals surface area contributed by atoms with E-state index in [1.165, 1.54) is 24.3 Å². The zero-order chi connectivity index (χ0) is 17.3. The van der Waals surface area contributed by atoms with Gasteiger partial charge in [-0.3, -0.25) is 20.3 Å². The predicted molar refractivity (Wildman–Crippen MR) is 77.4 cm³/mol. The summed E-state index contributed by atoms with van der Waals surface area (Å²) in [5, 5.41) is 25.3. The van der Waals surface area contributed by atoms with Gasteiger partial charge in [-0.1, -0.05) is 5.21 Å². The lowest BCUT2D eigenvalue weighted by atomic mass is 10.1. The first-order valence-corrected chi connectivity index (χ1v) is 6.32. The van der Waals surface area contributed by atoms with Crippen molar-refractivity contribution in [2.45, 2.75) is 0 Å². The number of rotatable bonds is 4. The van der Waals surface area contributed by atoms with E-state index in [1.54, 1.807) is 0 Å². The van der Waals surface area contributed by atoms with Crippen LogP contribution in [-0.4, -0.2) is 36.1 Å². The zero-order valence-corrected chi connectivity index (χ0v) is 11.8. The Morgan fingerprint density at radius 3 is 2.54 bits per heavy atom. The Bertz CT molecular complexity index is 914. The Balaban J connectivity index is 2.20. The van der Waals surface area contributed by atoms with Gasteiger partial charge in [0, 0.05) is 17.7 Å². The van der Waals surface area contributed by atoms with E-state index in [1.807, 2.05) is 5.43 Å². The maximum absolute atomic E-state index is 11.9. The second-order valence-corrected chi connectivity index (χ2v) is 4.45. The van der Waals surface area contributed by atoms with E-state index in [2.05, 4.69) is 25.3 Å². The van der Waals surface area contributed by atoms with Crippen LogP contribution in [0.2, 0.25) is 0 Å². The number of carbonyl (C=O) groups is 1. The summed E-state index contributed by atoms with van der Waals surface area (Å²) in [5.41, 5.74) is 7.88. The molecule has 13 nitrogen and oxygen atoms in total. The molecule has 1 aromatic carbocycles. The number of nitrogen functional groups attached to an aromatic ring is 2. The minimum absolute atomic E-state index is 0.00641. The van der Waals surface area contributed by atoms with Gasteiger partial charge in [0.25, 0.3) is 11.6 Å². The monoisotopic (exact) mass is 331 g/mol. The number of hydrogen-bond acceptors (Lipinski definition) is 10. The van der Waals surface area contributed by atoms with Crippen molar-refractivity contribution in [3.63, 3.8) is 0 Å². The van der Waals surface area contributed by atoms with E-state index in [0.29, 0.717) is 5.56 Å². The highest BCUT2D eigenvalue weighted by atomic mass is 16.6. The van der Waals surface area contributed by atoms with Crippen LogP contribution in [0, 0.1) is 10.1 Å². The Hall–Kier alpha value is -3.87. The molecule has 3 aromatic rings. The van der Waals surface area contributed by atoms with E-state index < -0.39 is 10.8 Å². The van der Waals surface area contributed by atoms with Gasteiger partial charge in [0.1, 0.15) is 5.69 Å². The van der Waals surface area contributed by atoms with E-state index in [4.69, 9.17) is 11.6 Å². The molecule has 0 spiro atoms. The molecule has 0 radical (unpaired) electrons. The number of nitrogens with two attached hydrogens (primary N) is 2. The van der Waals surface area contributed by atoms with Crippen molar-refractivity contribution >= 4 is 17.4 Å². The van der Waals surface area contributed by atoms with E-state index in [-0.39, 0.29) is 28.7 Å². The van der Waals surface area contributed by atoms with Crippen LogP contribution < -0.4 is 17.0 Å². The first kappa shape index (κ1) is 15.0. The van der Waals surface area contributed by atoms with Crippen LogP contribution in [0.4, 0.5) is 11.5 Å². The smallest absolute Gasteiger partial charge is 0.288 e. The van der Waals surface area contributed by atoms with Crippen LogP contribution in [0.1, 0.15) is 10.5 Å². The highest BCUT2D eigenvalue weighted by Gasteiger charge is 2.25. The average Bonchev–Trinajstić information content (AvgIpc) is 3.19. The van der Waals surface area contributed by atoms with E-state index in [0.717, 1.165) is 4.68 Å². The number of anilines is 1. The molecule has 3 rings (SSSR count). The number of nitrogens with zero attached hydrogens (tertiary/aromatic N) is 6. The second-order valence-electron chi connectivity index (χ2n) is 4.45. The molecule has 0 fully saturated rings. The third-order valence-corrected chi connectivity index (χ3v) is 3.06. The molecule has 0 saturated carbocycles. The molecule has 13 heteroatoms. The van der Waals surface area contributed by atoms with Gasteiger partial charge in [0.15, 0.2) is 5.69 Å². The minimum Gasteiger partial charge on any atom is -0.378 e. The normalized spacial score (nSPS) is 10.5. The number of nitrogens with one attached hydrogen (secondary N) is 1. The zero-order valence-electron chi connectivity index (χ0n) is 11.8. The quantitative estimate of drug-likeness (QED) is 0.240. The molecule has 2 heterocycles. The molecule has 0 atom stereocenters. The van der Waals surface area contributed by atoms with Crippen molar-refractivity contribution in [1.29, 1.82) is 0 Å². The van der Waals surface area contributed by atoms with Gasteiger partial charge < -0.3 is 5.73 Å². The van der Waals surface area contributed by atoms with Crippen molar-refractivity contribution in [3.05, 3.63) is 40.1 Å². The third kappa shape index (κ3) is 2.40. The van der Waals surface area contributed by atoms with Gasteiger partial charge >= 0.3 is 0 Å². The summed E-state index contributed by atoms with van der Waals surface area (Å²) < 4.78 is 5.63. The van der Waals surface area contributed by atoms with Crippen molar-refractivity contribution in [2.75, 3.05) is 5.73 Å². The van der Waals surface area contributed by atoms with Gasteiger partial charge in [-0.15, -0.1) is 5.10 Å². The molecule has 0 unspecified atom stereocenters. The fraction of sp³-hybridized carbons (Fsp3) is 0. The molecule has 0 bridgehead atoms. The number of nitro benzene ring substituents is 1.